The first-order chi connectivity index (χ1) is 17.8. The third-order valence-electron chi connectivity index (χ3n) is 6.47. The first-order valence-corrected chi connectivity index (χ1v) is 15.5. The number of unbranched alkanes of at least 4 members (excludes halogenated alkanes) is 15. The van der Waals surface area contributed by atoms with Crippen molar-refractivity contribution in [1.82, 2.24) is 0 Å². The minimum Gasteiger partial charge on any atom is -0.489 e. The number of benzene rings is 1. The highest BCUT2D eigenvalue weighted by Crippen LogP contribution is 2.42. The lowest BCUT2D eigenvalue weighted by atomic mass is 10.1. The van der Waals surface area contributed by atoms with E-state index in [1.807, 2.05) is 12.1 Å². The van der Waals surface area contributed by atoms with Gasteiger partial charge in [0.2, 0.25) is 5.75 Å². The summed E-state index contributed by atoms with van der Waals surface area (Å²) in [7, 11) is 0. The van der Waals surface area contributed by atoms with Crippen molar-refractivity contribution in [1.29, 1.82) is 0 Å². The van der Waals surface area contributed by atoms with Crippen LogP contribution in [0.2, 0.25) is 0 Å². The van der Waals surface area contributed by atoms with Gasteiger partial charge < -0.3 is 18.9 Å². The molecule has 1 aromatic carbocycles. The maximum atomic E-state index is 6.29. The van der Waals surface area contributed by atoms with Gasteiger partial charge in [-0.05, 0) is 19.3 Å². The molecule has 0 aliphatic heterocycles. The van der Waals surface area contributed by atoms with Crippen molar-refractivity contribution >= 4 is 11.6 Å². The van der Waals surface area contributed by atoms with Crippen LogP contribution in [0, 0.1) is 0 Å². The maximum absolute atomic E-state index is 6.29. The largest absolute Gasteiger partial charge is 0.489 e. The quantitative estimate of drug-likeness (QED) is 0.0888. The van der Waals surface area contributed by atoms with E-state index in [-0.39, 0.29) is 6.07 Å². The summed E-state index contributed by atoms with van der Waals surface area (Å²) >= 11 is 5.87. The summed E-state index contributed by atoms with van der Waals surface area (Å²) < 4.78 is 24.4. The number of ether oxygens (including phenoxy) is 4. The van der Waals surface area contributed by atoms with Crippen LogP contribution in [-0.2, 0) is 0 Å². The molecule has 0 radical (unpaired) electrons. The topological polar surface area (TPSA) is 36.9 Å². The Labute approximate surface area is 227 Å². The summed E-state index contributed by atoms with van der Waals surface area (Å²) in [6, 6.07) is 3.88. The van der Waals surface area contributed by atoms with E-state index in [9.17, 15) is 0 Å². The Balaban J connectivity index is 2.75. The highest BCUT2D eigenvalue weighted by molar-refractivity contribution is 6.17. The fourth-order valence-corrected chi connectivity index (χ4v) is 4.37. The highest BCUT2D eigenvalue weighted by atomic mass is 35.5. The van der Waals surface area contributed by atoms with Gasteiger partial charge in [-0.2, -0.15) is 0 Å². The van der Waals surface area contributed by atoms with Crippen LogP contribution in [0.3, 0.4) is 0 Å². The van der Waals surface area contributed by atoms with Crippen LogP contribution < -0.4 is 18.9 Å². The molecule has 0 N–H and O–H groups in total. The summed E-state index contributed by atoms with van der Waals surface area (Å²) in [5.74, 6) is 2.78. The predicted octanol–water partition coefficient (Wildman–Crippen LogP) is 10.5. The molecule has 0 saturated heterocycles. The van der Waals surface area contributed by atoms with E-state index >= 15 is 0 Å². The summed E-state index contributed by atoms with van der Waals surface area (Å²) in [6.07, 6.45) is 22.1. The number of hydrogen-bond donors (Lipinski definition) is 0. The molecule has 0 atom stereocenters. The first kappa shape index (κ1) is 32.7. The van der Waals surface area contributed by atoms with Gasteiger partial charge in [-0.15, -0.1) is 0 Å². The Morgan fingerprint density at radius 3 is 1.22 bits per heavy atom. The van der Waals surface area contributed by atoms with Crippen LogP contribution in [0.15, 0.2) is 12.1 Å². The van der Waals surface area contributed by atoms with E-state index in [1.54, 1.807) is 0 Å². The minimum atomic E-state index is 0.0890. The summed E-state index contributed by atoms with van der Waals surface area (Å²) in [4.78, 5) is 0. The number of alkyl halides is 1. The molecular weight excluding hydrogens is 472 g/mol. The number of halogens is 1. The van der Waals surface area contributed by atoms with Gasteiger partial charge in [-0.3, -0.25) is 0 Å². The molecule has 210 valence electrons. The monoisotopic (exact) mass is 526 g/mol. The molecule has 0 amide bonds. The first-order valence-electron chi connectivity index (χ1n) is 15.0. The second-order valence-electron chi connectivity index (χ2n) is 9.85. The van der Waals surface area contributed by atoms with E-state index in [0.717, 1.165) is 19.3 Å². The molecule has 0 spiro atoms. The van der Waals surface area contributed by atoms with Crippen LogP contribution >= 0.6 is 11.6 Å². The van der Waals surface area contributed by atoms with Crippen LogP contribution in [-0.4, -0.2) is 25.9 Å². The summed E-state index contributed by atoms with van der Waals surface area (Å²) in [6.45, 7) is 8.75. The molecule has 0 saturated carbocycles. The van der Waals surface area contributed by atoms with Crippen molar-refractivity contribution < 1.29 is 18.9 Å². The third-order valence-corrected chi connectivity index (χ3v) is 6.58. The van der Waals surface area contributed by atoms with Gasteiger partial charge in [-0.25, -0.2) is 0 Å². The SMILES string of the molecule is CCCCCCCCOc1cc(OCCl)cc(OCCCCCCCC)c1OCCCCCCCC. The van der Waals surface area contributed by atoms with Gasteiger partial charge in [-0.1, -0.05) is 129 Å². The van der Waals surface area contributed by atoms with Crippen LogP contribution in [0.25, 0.3) is 0 Å². The zero-order valence-electron chi connectivity index (χ0n) is 23.7. The van der Waals surface area contributed by atoms with Crippen molar-refractivity contribution in [2.24, 2.45) is 0 Å². The summed E-state index contributed by atoms with van der Waals surface area (Å²) in [5.41, 5.74) is 0. The van der Waals surface area contributed by atoms with Gasteiger partial charge in [0.1, 0.15) is 5.75 Å². The molecule has 1 rings (SSSR count). The predicted molar refractivity (Wildman–Crippen MR) is 154 cm³/mol. The normalized spacial score (nSPS) is 11.0. The van der Waals surface area contributed by atoms with Gasteiger partial charge in [0.05, 0.1) is 19.8 Å². The van der Waals surface area contributed by atoms with Gasteiger partial charge in [0.25, 0.3) is 0 Å². The van der Waals surface area contributed by atoms with Gasteiger partial charge in [0, 0.05) is 12.1 Å². The molecule has 5 heteroatoms. The fourth-order valence-electron chi connectivity index (χ4n) is 4.24. The molecule has 0 aliphatic rings. The van der Waals surface area contributed by atoms with E-state index in [0.29, 0.717) is 42.8 Å². The molecule has 0 aromatic heterocycles. The Kier molecular flexibility index (Phi) is 21.9. The standard InChI is InChI=1S/C31H55ClO4/c1-4-7-10-13-16-19-22-33-29-25-28(36-27-32)26-30(34-23-20-17-14-11-8-5-2)31(29)35-24-21-18-15-12-9-6-3/h25-26H,4-24,27H2,1-3H3. The zero-order valence-corrected chi connectivity index (χ0v) is 24.5. The Morgan fingerprint density at radius 2 is 0.833 bits per heavy atom. The molecular formula is C31H55ClO4. The van der Waals surface area contributed by atoms with Crippen LogP contribution in [0.1, 0.15) is 136 Å². The lowest BCUT2D eigenvalue weighted by Crippen LogP contribution is -2.07. The van der Waals surface area contributed by atoms with Crippen molar-refractivity contribution in [2.45, 2.75) is 136 Å². The van der Waals surface area contributed by atoms with E-state index in [4.69, 9.17) is 30.5 Å². The van der Waals surface area contributed by atoms with E-state index < -0.39 is 0 Å². The van der Waals surface area contributed by atoms with Gasteiger partial charge >= 0.3 is 0 Å². The Hall–Kier alpha value is -1.29. The molecule has 4 nitrogen and oxygen atoms in total. The van der Waals surface area contributed by atoms with E-state index in [1.165, 1.54) is 96.3 Å². The zero-order chi connectivity index (χ0) is 26.1. The second-order valence-corrected chi connectivity index (χ2v) is 10.1. The molecule has 0 bridgehead atoms. The van der Waals surface area contributed by atoms with Crippen molar-refractivity contribution in [3.8, 4) is 23.0 Å². The fraction of sp³-hybridized carbons (Fsp3) is 0.806. The Morgan fingerprint density at radius 1 is 0.472 bits per heavy atom. The number of hydrogen-bond acceptors (Lipinski definition) is 4. The molecule has 1 aromatic rings. The lowest BCUT2D eigenvalue weighted by Gasteiger charge is -2.19. The molecule has 0 aliphatic carbocycles. The second kappa shape index (κ2) is 24.1. The molecule has 36 heavy (non-hydrogen) atoms. The van der Waals surface area contributed by atoms with Crippen molar-refractivity contribution in [3.63, 3.8) is 0 Å². The van der Waals surface area contributed by atoms with Crippen LogP contribution in [0.5, 0.6) is 23.0 Å². The maximum Gasteiger partial charge on any atom is 0.203 e. The van der Waals surface area contributed by atoms with E-state index in [2.05, 4.69) is 20.8 Å². The van der Waals surface area contributed by atoms with Crippen LogP contribution in [0.4, 0.5) is 0 Å². The average Bonchev–Trinajstić information content (AvgIpc) is 2.88. The van der Waals surface area contributed by atoms with Gasteiger partial charge in [0.15, 0.2) is 17.6 Å². The van der Waals surface area contributed by atoms with Crippen molar-refractivity contribution in [2.75, 3.05) is 25.9 Å². The molecule has 0 fully saturated rings. The average molecular weight is 527 g/mol. The summed E-state index contributed by atoms with van der Waals surface area (Å²) in [5, 5.41) is 0. The highest BCUT2D eigenvalue weighted by Gasteiger charge is 2.17. The third kappa shape index (κ3) is 16.5. The van der Waals surface area contributed by atoms with Crippen molar-refractivity contribution in [3.05, 3.63) is 12.1 Å². The Bertz CT molecular complexity index is 584. The molecule has 0 unspecified atom stereocenters. The number of rotatable bonds is 26. The smallest absolute Gasteiger partial charge is 0.203 e. The lowest BCUT2D eigenvalue weighted by molar-refractivity contribution is 0.232. The minimum absolute atomic E-state index is 0.0890. The molecule has 0 heterocycles.